The molecule has 0 bridgehead atoms. The highest BCUT2D eigenvalue weighted by molar-refractivity contribution is 5.98. The summed E-state index contributed by atoms with van der Waals surface area (Å²) in [6, 6.07) is 4.45. The first-order chi connectivity index (χ1) is 13.3. The van der Waals surface area contributed by atoms with E-state index >= 15 is 0 Å². The molecule has 1 aromatic rings. The lowest BCUT2D eigenvalue weighted by atomic mass is 10.0. The Morgan fingerprint density at radius 1 is 1.29 bits per heavy atom. The maximum Gasteiger partial charge on any atom is 0.461 e. The van der Waals surface area contributed by atoms with Gasteiger partial charge in [0.2, 0.25) is 5.91 Å². The van der Waals surface area contributed by atoms with E-state index in [0.717, 1.165) is 6.07 Å². The van der Waals surface area contributed by atoms with Crippen LogP contribution in [0.25, 0.3) is 0 Å². The van der Waals surface area contributed by atoms with Crippen LogP contribution < -0.4 is 4.74 Å². The number of carbonyl (C=O) groups excluding carboxylic acids is 2. The molecule has 28 heavy (non-hydrogen) atoms. The Labute approximate surface area is 158 Å². The molecule has 0 N–H and O–H groups in total. The molecule has 6 nitrogen and oxygen atoms in total. The third kappa shape index (κ3) is 2.81. The molecule has 4 rings (SSSR count). The van der Waals surface area contributed by atoms with Crippen LogP contribution in [0, 0.1) is 0 Å². The second kappa shape index (κ2) is 6.61. The molecule has 2 amide bonds. The second-order valence-corrected chi connectivity index (χ2v) is 7.02. The van der Waals surface area contributed by atoms with Crippen molar-refractivity contribution in [1.29, 1.82) is 0 Å². The van der Waals surface area contributed by atoms with E-state index in [1.165, 1.54) is 23.1 Å². The SMILES string of the molecule is O=C(c1ccccc1OC(F)(F)C(F)F)N1CC[C@@]23OCCCN2C(=O)C[C@@H]13. The van der Waals surface area contributed by atoms with Crippen LogP contribution in [0.5, 0.6) is 5.75 Å². The summed E-state index contributed by atoms with van der Waals surface area (Å²) in [6.45, 7) is 1.26. The summed E-state index contributed by atoms with van der Waals surface area (Å²) < 4.78 is 61.8. The van der Waals surface area contributed by atoms with E-state index in [1.807, 2.05) is 0 Å². The molecule has 0 radical (unpaired) electrons. The number of halogens is 4. The quantitative estimate of drug-likeness (QED) is 0.727. The second-order valence-electron chi connectivity index (χ2n) is 7.02. The van der Waals surface area contributed by atoms with Gasteiger partial charge >= 0.3 is 12.5 Å². The van der Waals surface area contributed by atoms with Crippen LogP contribution in [0.3, 0.4) is 0 Å². The topological polar surface area (TPSA) is 59.1 Å². The predicted molar refractivity (Wildman–Crippen MR) is 87.1 cm³/mol. The highest BCUT2D eigenvalue weighted by Crippen LogP contribution is 2.45. The van der Waals surface area contributed by atoms with E-state index in [1.54, 1.807) is 4.90 Å². The van der Waals surface area contributed by atoms with E-state index in [2.05, 4.69) is 4.74 Å². The lowest BCUT2D eigenvalue weighted by molar-refractivity contribution is -0.253. The van der Waals surface area contributed by atoms with Gasteiger partial charge in [-0.1, -0.05) is 12.1 Å². The fourth-order valence-corrected chi connectivity index (χ4v) is 4.27. The molecule has 0 unspecified atom stereocenters. The minimum absolute atomic E-state index is 0.0714. The zero-order valence-corrected chi connectivity index (χ0v) is 14.7. The van der Waals surface area contributed by atoms with Crippen LogP contribution in [0.4, 0.5) is 17.6 Å². The largest absolute Gasteiger partial charge is 0.461 e. The maximum atomic E-state index is 13.4. The summed E-state index contributed by atoms with van der Waals surface area (Å²) >= 11 is 0. The van der Waals surface area contributed by atoms with Gasteiger partial charge in [0.15, 0.2) is 5.72 Å². The average Bonchev–Trinajstić information content (AvgIpc) is 3.13. The Bertz CT molecular complexity index is 806. The Balaban J connectivity index is 1.62. The molecule has 0 aromatic heterocycles. The van der Waals surface area contributed by atoms with Crippen molar-refractivity contribution in [2.45, 2.75) is 43.6 Å². The molecule has 2 atom stereocenters. The van der Waals surface area contributed by atoms with Crippen molar-refractivity contribution in [3.05, 3.63) is 29.8 Å². The van der Waals surface area contributed by atoms with E-state index in [-0.39, 0.29) is 24.4 Å². The summed E-state index contributed by atoms with van der Waals surface area (Å²) in [5.74, 6) is -1.42. The lowest BCUT2D eigenvalue weighted by Crippen LogP contribution is -2.56. The molecule has 3 heterocycles. The van der Waals surface area contributed by atoms with Gasteiger partial charge in [-0.2, -0.15) is 17.6 Å². The molecule has 3 fully saturated rings. The van der Waals surface area contributed by atoms with Crippen molar-refractivity contribution in [3.63, 3.8) is 0 Å². The molecule has 1 aromatic carbocycles. The Morgan fingerprint density at radius 3 is 2.79 bits per heavy atom. The van der Waals surface area contributed by atoms with Crippen LogP contribution in [0.15, 0.2) is 24.3 Å². The Hall–Kier alpha value is -2.36. The van der Waals surface area contributed by atoms with Gasteiger partial charge in [0.25, 0.3) is 5.91 Å². The lowest BCUT2D eigenvalue weighted by Gasteiger charge is -2.42. The number of hydrogen-bond donors (Lipinski definition) is 0. The standard InChI is InChI=1S/C18H18F4N2O4/c19-16(20)18(21,22)28-12-5-2-1-4-11(12)15(26)23-8-6-17-13(23)10-14(25)24(17)7-3-9-27-17/h1-2,4-5,13,16H,3,6-10H2/t13-,17+/m1/s1. The van der Waals surface area contributed by atoms with E-state index in [9.17, 15) is 27.2 Å². The fraction of sp³-hybridized carbons (Fsp3) is 0.556. The minimum atomic E-state index is -4.73. The van der Waals surface area contributed by atoms with Crippen LogP contribution in [-0.2, 0) is 9.53 Å². The maximum absolute atomic E-state index is 13.4. The number of rotatable bonds is 4. The third-order valence-corrected chi connectivity index (χ3v) is 5.49. The van der Waals surface area contributed by atoms with Crippen LogP contribution in [-0.4, -0.2) is 65.6 Å². The number of likely N-dealkylation sites (tertiary alicyclic amines) is 1. The molecule has 3 aliphatic heterocycles. The molecule has 1 spiro atoms. The smallest absolute Gasteiger partial charge is 0.427 e. The van der Waals surface area contributed by atoms with Crippen molar-refractivity contribution in [2.24, 2.45) is 0 Å². The van der Waals surface area contributed by atoms with Crippen LogP contribution >= 0.6 is 0 Å². The summed E-state index contributed by atoms with van der Waals surface area (Å²) in [4.78, 5) is 28.5. The summed E-state index contributed by atoms with van der Waals surface area (Å²) in [6.07, 6.45) is -7.59. The van der Waals surface area contributed by atoms with Crippen molar-refractivity contribution in [1.82, 2.24) is 9.80 Å². The number of amides is 2. The molecule has 152 valence electrons. The Kier molecular flexibility index (Phi) is 4.48. The van der Waals surface area contributed by atoms with Crippen molar-refractivity contribution >= 4 is 11.8 Å². The third-order valence-electron chi connectivity index (χ3n) is 5.49. The highest BCUT2D eigenvalue weighted by Gasteiger charge is 2.61. The van der Waals surface area contributed by atoms with E-state index in [0.29, 0.717) is 26.0 Å². The monoisotopic (exact) mass is 402 g/mol. The number of hydrogen-bond acceptors (Lipinski definition) is 4. The van der Waals surface area contributed by atoms with Gasteiger partial charge in [0.1, 0.15) is 5.75 Å². The van der Waals surface area contributed by atoms with E-state index < -0.39 is 36.0 Å². The molecular formula is C18H18F4N2O4. The van der Waals surface area contributed by atoms with Gasteiger partial charge in [0.05, 0.1) is 24.6 Å². The van der Waals surface area contributed by atoms with Gasteiger partial charge in [0, 0.05) is 19.5 Å². The van der Waals surface area contributed by atoms with Crippen molar-refractivity contribution < 1.29 is 36.6 Å². The summed E-state index contributed by atoms with van der Waals surface area (Å²) in [7, 11) is 0. The first-order valence-electron chi connectivity index (χ1n) is 8.96. The van der Waals surface area contributed by atoms with E-state index in [4.69, 9.17) is 4.74 Å². The number of nitrogens with zero attached hydrogens (tertiary/aromatic N) is 2. The number of para-hydroxylation sites is 1. The molecule has 0 aliphatic carbocycles. The normalized spacial score (nSPS) is 27.2. The molecule has 3 saturated heterocycles. The molecule has 0 saturated carbocycles. The highest BCUT2D eigenvalue weighted by atomic mass is 19.3. The average molecular weight is 402 g/mol. The van der Waals surface area contributed by atoms with Gasteiger partial charge in [-0.25, -0.2) is 0 Å². The number of carbonyl (C=O) groups is 2. The molecule has 3 aliphatic rings. The number of ether oxygens (including phenoxy) is 2. The number of benzene rings is 1. The molecule has 10 heteroatoms. The van der Waals surface area contributed by atoms with Crippen molar-refractivity contribution in [3.8, 4) is 5.75 Å². The summed E-state index contributed by atoms with van der Waals surface area (Å²) in [5.41, 5.74) is -1.16. The first-order valence-corrected chi connectivity index (χ1v) is 8.96. The minimum Gasteiger partial charge on any atom is -0.427 e. The first kappa shape index (κ1) is 19.0. The fourth-order valence-electron chi connectivity index (χ4n) is 4.27. The zero-order valence-electron chi connectivity index (χ0n) is 14.7. The predicted octanol–water partition coefficient (Wildman–Crippen LogP) is 2.49. The zero-order chi connectivity index (χ0) is 20.1. The van der Waals surface area contributed by atoms with Gasteiger partial charge in [-0.15, -0.1) is 0 Å². The van der Waals surface area contributed by atoms with Crippen molar-refractivity contribution in [2.75, 3.05) is 19.7 Å². The van der Waals surface area contributed by atoms with Crippen LogP contribution in [0.1, 0.15) is 29.6 Å². The number of alkyl halides is 4. The van der Waals surface area contributed by atoms with Gasteiger partial charge in [-0.05, 0) is 18.6 Å². The van der Waals surface area contributed by atoms with Crippen LogP contribution in [0.2, 0.25) is 0 Å². The summed E-state index contributed by atoms with van der Waals surface area (Å²) in [5, 5.41) is 0. The van der Waals surface area contributed by atoms with Gasteiger partial charge < -0.3 is 19.3 Å². The molecular weight excluding hydrogens is 384 g/mol. The Morgan fingerprint density at radius 2 is 2.04 bits per heavy atom. The van der Waals surface area contributed by atoms with Gasteiger partial charge in [-0.3, -0.25) is 9.59 Å².